The predicted octanol–water partition coefficient (Wildman–Crippen LogP) is 2.78. The maximum Gasteiger partial charge on any atom is 0.289 e. The van der Waals surface area contributed by atoms with E-state index in [0.717, 1.165) is 30.4 Å². The van der Waals surface area contributed by atoms with Gasteiger partial charge in [0.25, 0.3) is 11.1 Å². The summed E-state index contributed by atoms with van der Waals surface area (Å²) in [6.45, 7) is 3.75. The molecule has 2 aliphatic rings. The third kappa shape index (κ3) is 3.98. The Morgan fingerprint density at radius 1 is 1.28 bits per heavy atom. The van der Waals surface area contributed by atoms with Gasteiger partial charge in [0.1, 0.15) is 5.75 Å². The second-order valence-corrected chi connectivity index (χ2v) is 7.16. The molecule has 0 radical (unpaired) electrons. The molecule has 2 heterocycles. The number of hydrogen-bond donors (Lipinski definition) is 0. The average molecular weight is 362 g/mol. The van der Waals surface area contributed by atoms with Crippen molar-refractivity contribution in [2.24, 2.45) is 0 Å². The van der Waals surface area contributed by atoms with E-state index in [1.54, 1.807) is 29.2 Å². The van der Waals surface area contributed by atoms with Gasteiger partial charge in [-0.15, -0.1) is 0 Å². The van der Waals surface area contributed by atoms with Gasteiger partial charge in [0.2, 0.25) is 5.91 Å². The number of unbranched alkanes of at least 4 members (excludes halogenated alkanes) is 1. The zero-order valence-electron chi connectivity index (χ0n) is 14.3. The fourth-order valence-electron chi connectivity index (χ4n) is 3.06. The van der Waals surface area contributed by atoms with Crippen molar-refractivity contribution < 1.29 is 19.1 Å². The highest BCUT2D eigenvalue weighted by Crippen LogP contribution is 2.27. The molecule has 2 saturated heterocycles. The summed E-state index contributed by atoms with van der Waals surface area (Å²) in [5.41, 5.74) is 0.594. The molecule has 7 heteroatoms. The average Bonchev–Trinajstić information content (AvgIpc) is 3.22. The van der Waals surface area contributed by atoms with Crippen molar-refractivity contribution in [1.82, 2.24) is 9.80 Å². The lowest BCUT2D eigenvalue weighted by atomic mass is 10.2. The van der Waals surface area contributed by atoms with Gasteiger partial charge < -0.3 is 9.64 Å². The van der Waals surface area contributed by atoms with Crippen LogP contribution in [0.25, 0.3) is 0 Å². The summed E-state index contributed by atoms with van der Waals surface area (Å²) >= 11 is 1.04. The number of carbonyl (C=O) groups is 3. The fraction of sp³-hybridized carbons (Fsp3) is 0.500. The van der Waals surface area contributed by atoms with E-state index >= 15 is 0 Å². The molecule has 0 spiro atoms. The highest BCUT2D eigenvalue weighted by Gasteiger charge is 2.40. The molecule has 0 aromatic heterocycles. The lowest BCUT2D eigenvalue weighted by Crippen LogP contribution is -2.41. The second kappa shape index (κ2) is 7.91. The van der Waals surface area contributed by atoms with Crippen molar-refractivity contribution in [2.75, 3.05) is 25.4 Å². The summed E-state index contributed by atoms with van der Waals surface area (Å²) < 4.78 is 5.61. The number of rotatable bonds is 6. The van der Waals surface area contributed by atoms with Gasteiger partial charge in [-0.2, -0.15) is 0 Å². The molecule has 6 nitrogen and oxygen atoms in total. The van der Waals surface area contributed by atoms with Crippen LogP contribution in [0, 0.1) is 0 Å². The van der Waals surface area contributed by atoms with Gasteiger partial charge in [-0.3, -0.25) is 19.3 Å². The van der Waals surface area contributed by atoms with E-state index < -0.39 is 0 Å². The molecule has 1 aromatic carbocycles. The number of ether oxygens (including phenoxy) is 1. The van der Waals surface area contributed by atoms with Crippen LogP contribution in [-0.2, 0) is 4.79 Å². The third-order valence-corrected chi connectivity index (χ3v) is 5.30. The van der Waals surface area contributed by atoms with Gasteiger partial charge in [0, 0.05) is 18.7 Å². The van der Waals surface area contributed by atoms with Crippen molar-refractivity contribution in [2.45, 2.75) is 32.2 Å². The van der Waals surface area contributed by atoms with Crippen LogP contribution in [0.15, 0.2) is 24.3 Å². The minimum absolute atomic E-state index is 0.0747. The number of hydrogen-bond acceptors (Lipinski definition) is 5. The first kappa shape index (κ1) is 17.8. The largest absolute Gasteiger partial charge is 0.494 e. The minimum Gasteiger partial charge on any atom is -0.494 e. The zero-order valence-corrected chi connectivity index (χ0v) is 15.1. The molecule has 3 amide bonds. The molecule has 0 bridgehead atoms. The smallest absolute Gasteiger partial charge is 0.289 e. The van der Waals surface area contributed by atoms with Gasteiger partial charge >= 0.3 is 0 Å². The Morgan fingerprint density at radius 2 is 2.04 bits per heavy atom. The van der Waals surface area contributed by atoms with Crippen LogP contribution in [0.3, 0.4) is 0 Å². The van der Waals surface area contributed by atoms with Crippen molar-refractivity contribution in [1.29, 1.82) is 0 Å². The summed E-state index contributed by atoms with van der Waals surface area (Å²) in [6, 6.07) is 6.94. The van der Waals surface area contributed by atoms with Crippen LogP contribution in [0.2, 0.25) is 0 Å². The standard InChI is InChI=1S/C18H22N2O4S/c1-2-3-10-24-15-6-4-13(5-7-15)17(22)19-9-8-14(11-19)20-16(21)12-25-18(20)23/h4-7,14H,2-3,8-12H2,1H3. The number of carbonyl (C=O) groups excluding carboxylic acids is 3. The van der Waals surface area contributed by atoms with E-state index in [-0.39, 0.29) is 28.8 Å². The predicted molar refractivity (Wildman–Crippen MR) is 95.9 cm³/mol. The molecule has 2 fully saturated rings. The molecule has 25 heavy (non-hydrogen) atoms. The summed E-state index contributed by atoms with van der Waals surface area (Å²) in [5.74, 6) is 0.745. The molecular formula is C18H22N2O4S. The Morgan fingerprint density at radius 3 is 2.68 bits per heavy atom. The molecule has 134 valence electrons. The summed E-state index contributed by atoms with van der Waals surface area (Å²) in [5, 5.41) is -0.196. The second-order valence-electron chi connectivity index (χ2n) is 6.24. The van der Waals surface area contributed by atoms with E-state index in [2.05, 4.69) is 6.92 Å². The SMILES string of the molecule is CCCCOc1ccc(C(=O)N2CCC(N3C(=O)CSC3=O)C2)cc1. The molecule has 0 aliphatic carbocycles. The lowest BCUT2D eigenvalue weighted by Gasteiger charge is -2.22. The van der Waals surface area contributed by atoms with E-state index in [9.17, 15) is 14.4 Å². The third-order valence-electron chi connectivity index (χ3n) is 4.47. The van der Waals surface area contributed by atoms with Crippen LogP contribution in [0.5, 0.6) is 5.75 Å². The molecular weight excluding hydrogens is 340 g/mol. The Kier molecular flexibility index (Phi) is 5.63. The number of likely N-dealkylation sites (tertiary alicyclic amines) is 1. The van der Waals surface area contributed by atoms with Gasteiger partial charge in [0.15, 0.2) is 0 Å². The monoisotopic (exact) mass is 362 g/mol. The van der Waals surface area contributed by atoms with Crippen LogP contribution in [0.1, 0.15) is 36.5 Å². The number of amides is 3. The van der Waals surface area contributed by atoms with Gasteiger partial charge in [-0.1, -0.05) is 25.1 Å². The van der Waals surface area contributed by atoms with Gasteiger partial charge in [-0.25, -0.2) is 0 Å². The van der Waals surface area contributed by atoms with E-state index in [4.69, 9.17) is 4.74 Å². The maximum absolute atomic E-state index is 12.6. The van der Waals surface area contributed by atoms with Crippen LogP contribution < -0.4 is 4.74 Å². The zero-order chi connectivity index (χ0) is 17.8. The Bertz CT molecular complexity index is 646. The van der Waals surface area contributed by atoms with E-state index in [1.807, 2.05) is 0 Å². The summed E-state index contributed by atoms with van der Waals surface area (Å²) in [4.78, 5) is 39.3. The number of benzene rings is 1. The first-order valence-electron chi connectivity index (χ1n) is 8.61. The van der Waals surface area contributed by atoms with Crippen LogP contribution in [0.4, 0.5) is 4.79 Å². The van der Waals surface area contributed by atoms with E-state index in [0.29, 0.717) is 31.7 Å². The number of nitrogens with zero attached hydrogens (tertiary/aromatic N) is 2. The normalized spacial score (nSPS) is 20.4. The highest BCUT2D eigenvalue weighted by molar-refractivity contribution is 8.14. The molecule has 0 saturated carbocycles. The Balaban J connectivity index is 1.58. The summed E-state index contributed by atoms with van der Waals surface area (Å²) in [7, 11) is 0. The maximum atomic E-state index is 12.6. The van der Waals surface area contributed by atoms with Crippen LogP contribution in [-0.4, -0.2) is 58.3 Å². The van der Waals surface area contributed by atoms with Crippen LogP contribution >= 0.6 is 11.8 Å². The Labute approximate surface area is 151 Å². The molecule has 3 rings (SSSR count). The minimum atomic E-state index is -0.199. The lowest BCUT2D eigenvalue weighted by molar-refractivity contribution is -0.126. The molecule has 1 unspecified atom stereocenters. The molecule has 0 N–H and O–H groups in total. The molecule has 2 aliphatic heterocycles. The van der Waals surface area contributed by atoms with Crippen molar-refractivity contribution in [3.05, 3.63) is 29.8 Å². The fourth-order valence-corrected chi connectivity index (χ4v) is 3.84. The van der Waals surface area contributed by atoms with E-state index in [1.165, 1.54) is 4.90 Å². The first-order valence-corrected chi connectivity index (χ1v) is 9.59. The summed E-state index contributed by atoms with van der Waals surface area (Å²) in [6.07, 6.45) is 2.72. The number of imide groups is 1. The first-order chi connectivity index (χ1) is 12.1. The Hall–Kier alpha value is -2.02. The highest BCUT2D eigenvalue weighted by atomic mass is 32.2. The number of thioether (sulfide) groups is 1. The topological polar surface area (TPSA) is 66.9 Å². The van der Waals surface area contributed by atoms with Crippen molar-refractivity contribution >= 4 is 28.8 Å². The van der Waals surface area contributed by atoms with Gasteiger partial charge in [0.05, 0.1) is 18.4 Å². The molecule has 1 atom stereocenters. The van der Waals surface area contributed by atoms with Gasteiger partial charge in [-0.05, 0) is 37.1 Å². The van der Waals surface area contributed by atoms with Crippen molar-refractivity contribution in [3.8, 4) is 5.75 Å². The van der Waals surface area contributed by atoms with Crippen molar-refractivity contribution in [3.63, 3.8) is 0 Å². The molecule has 1 aromatic rings. The quantitative estimate of drug-likeness (QED) is 0.728.